The molecule has 3 rings (SSSR count). The average molecular weight is 357 g/mol. The van der Waals surface area contributed by atoms with Gasteiger partial charge in [-0.3, -0.25) is 0 Å². The Labute approximate surface area is 128 Å². The van der Waals surface area contributed by atoms with Crippen molar-refractivity contribution in [3.8, 4) is 11.5 Å². The first-order chi connectivity index (χ1) is 9.13. The van der Waals surface area contributed by atoms with Crippen LogP contribution in [0.5, 0.6) is 11.5 Å². The molecule has 3 aromatic rings. The molecule has 0 aliphatic carbocycles. The number of fused-ring (bicyclic) bond motifs is 1. The van der Waals surface area contributed by atoms with E-state index in [1.165, 1.54) is 0 Å². The largest absolute Gasteiger partial charge is 0.455 e. The number of ether oxygens (including phenoxy) is 1. The number of benzene rings is 2. The van der Waals surface area contributed by atoms with Gasteiger partial charge in [-0.05, 0) is 30.3 Å². The van der Waals surface area contributed by atoms with E-state index >= 15 is 0 Å². The molecular formula is C14H8BrCl2NO. The van der Waals surface area contributed by atoms with Crippen LogP contribution in [0.15, 0.2) is 47.1 Å². The normalized spacial score (nSPS) is 10.9. The maximum atomic E-state index is 5.97. The number of hydrogen-bond acceptors (Lipinski definition) is 1. The van der Waals surface area contributed by atoms with Crippen molar-refractivity contribution in [1.82, 2.24) is 4.98 Å². The van der Waals surface area contributed by atoms with Crippen molar-refractivity contribution in [2.75, 3.05) is 0 Å². The highest BCUT2D eigenvalue weighted by molar-refractivity contribution is 9.10. The zero-order valence-electron chi connectivity index (χ0n) is 9.58. The van der Waals surface area contributed by atoms with Gasteiger partial charge in [-0.15, -0.1) is 0 Å². The third-order valence-electron chi connectivity index (χ3n) is 2.72. The van der Waals surface area contributed by atoms with E-state index in [0.717, 1.165) is 21.1 Å². The molecule has 0 saturated carbocycles. The van der Waals surface area contributed by atoms with Crippen LogP contribution in [0, 0.1) is 0 Å². The summed E-state index contributed by atoms with van der Waals surface area (Å²) in [6.07, 6.45) is 1.82. The van der Waals surface area contributed by atoms with E-state index in [4.69, 9.17) is 27.9 Å². The van der Waals surface area contributed by atoms with Crippen LogP contribution >= 0.6 is 39.1 Å². The Hall–Kier alpha value is -1.16. The Morgan fingerprint density at radius 3 is 2.63 bits per heavy atom. The molecule has 0 aliphatic rings. The van der Waals surface area contributed by atoms with Crippen molar-refractivity contribution >= 4 is 50.0 Å². The molecule has 2 aromatic carbocycles. The fraction of sp³-hybridized carbons (Fsp3) is 0. The van der Waals surface area contributed by atoms with E-state index in [9.17, 15) is 0 Å². The first-order valence-electron chi connectivity index (χ1n) is 5.53. The standard InChI is InChI=1S/C14H8BrCl2NO/c15-8-1-4-13-10(5-8)14(7-18-13)19-9-2-3-11(16)12(17)6-9/h1-7,18H. The van der Waals surface area contributed by atoms with Gasteiger partial charge in [0.2, 0.25) is 0 Å². The second kappa shape index (κ2) is 5.08. The fourth-order valence-corrected chi connectivity index (χ4v) is 2.47. The van der Waals surface area contributed by atoms with Crippen molar-refractivity contribution in [2.24, 2.45) is 0 Å². The molecule has 0 saturated heterocycles. The van der Waals surface area contributed by atoms with Gasteiger partial charge in [0.15, 0.2) is 5.75 Å². The molecule has 96 valence electrons. The maximum Gasteiger partial charge on any atom is 0.152 e. The van der Waals surface area contributed by atoms with Crippen molar-refractivity contribution in [2.45, 2.75) is 0 Å². The van der Waals surface area contributed by atoms with Crippen LogP contribution in [-0.2, 0) is 0 Å². The van der Waals surface area contributed by atoms with Gasteiger partial charge in [0, 0.05) is 27.6 Å². The number of halogens is 3. The minimum Gasteiger partial charge on any atom is -0.455 e. The number of nitrogens with one attached hydrogen (secondary N) is 1. The Morgan fingerprint density at radius 1 is 1.00 bits per heavy atom. The minimum absolute atomic E-state index is 0.472. The Kier molecular flexibility index (Phi) is 3.44. The molecule has 0 unspecified atom stereocenters. The van der Waals surface area contributed by atoms with Crippen LogP contribution in [0.4, 0.5) is 0 Å². The lowest BCUT2D eigenvalue weighted by molar-refractivity contribution is 0.488. The first kappa shape index (κ1) is 12.9. The lowest BCUT2D eigenvalue weighted by Crippen LogP contribution is -1.83. The topological polar surface area (TPSA) is 25.0 Å². The molecule has 19 heavy (non-hydrogen) atoms. The van der Waals surface area contributed by atoms with E-state index in [2.05, 4.69) is 20.9 Å². The van der Waals surface area contributed by atoms with E-state index in [1.54, 1.807) is 18.2 Å². The number of H-pyrrole nitrogens is 1. The van der Waals surface area contributed by atoms with E-state index in [1.807, 2.05) is 24.4 Å². The van der Waals surface area contributed by atoms with Crippen LogP contribution in [-0.4, -0.2) is 4.98 Å². The van der Waals surface area contributed by atoms with Gasteiger partial charge in [0.05, 0.1) is 10.0 Å². The molecular weight excluding hydrogens is 349 g/mol. The lowest BCUT2D eigenvalue weighted by atomic mass is 10.2. The van der Waals surface area contributed by atoms with Crippen molar-refractivity contribution < 1.29 is 4.74 Å². The molecule has 2 nitrogen and oxygen atoms in total. The van der Waals surface area contributed by atoms with E-state index < -0.39 is 0 Å². The summed E-state index contributed by atoms with van der Waals surface area (Å²) < 4.78 is 6.83. The van der Waals surface area contributed by atoms with Crippen molar-refractivity contribution in [3.05, 3.63) is 57.1 Å². The molecule has 0 atom stereocenters. The Bertz CT molecular complexity index is 754. The monoisotopic (exact) mass is 355 g/mol. The third kappa shape index (κ3) is 2.59. The smallest absolute Gasteiger partial charge is 0.152 e. The minimum atomic E-state index is 0.472. The highest BCUT2D eigenvalue weighted by Crippen LogP contribution is 2.34. The number of rotatable bonds is 2. The number of aromatic amines is 1. The molecule has 0 fully saturated rings. The third-order valence-corrected chi connectivity index (χ3v) is 3.96. The quantitative estimate of drug-likeness (QED) is 0.595. The number of aromatic nitrogens is 1. The average Bonchev–Trinajstić information content (AvgIpc) is 2.77. The lowest BCUT2D eigenvalue weighted by Gasteiger charge is -2.05. The molecule has 0 amide bonds. The van der Waals surface area contributed by atoms with Crippen LogP contribution in [0.25, 0.3) is 10.9 Å². The Balaban J connectivity index is 2.00. The van der Waals surface area contributed by atoms with Crippen molar-refractivity contribution in [3.63, 3.8) is 0 Å². The Morgan fingerprint density at radius 2 is 1.84 bits per heavy atom. The molecule has 1 N–H and O–H groups in total. The van der Waals surface area contributed by atoms with Crippen LogP contribution in [0.2, 0.25) is 10.0 Å². The molecule has 0 spiro atoms. The van der Waals surface area contributed by atoms with Gasteiger partial charge in [0.1, 0.15) is 5.75 Å². The van der Waals surface area contributed by atoms with Gasteiger partial charge in [-0.1, -0.05) is 39.1 Å². The molecule has 0 aliphatic heterocycles. The van der Waals surface area contributed by atoms with Gasteiger partial charge < -0.3 is 9.72 Å². The van der Waals surface area contributed by atoms with Gasteiger partial charge in [0.25, 0.3) is 0 Å². The second-order valence-electron chi connectivity index (χ2n) is 4.02. The predicted octanol–water partition coefficient (Wildman–Crippen LogP) is 6.03. The van der Waals surface area contributed by atoms with Crippen LogP contribution in [0.1, 0.15) is 0 Å². The molecule has 1 aromatic heterocycles. The first-order valence-corrected chi connectivity index (χ1v) is 7.08. The second-order valence-corrected chi connectivity index (χ2v) is 5.75. The highest BCUT2D eigenvalue weighted by Gasteiger charge is 2.07. The molecule has 0 radical (unpaired) electrons. The zero-order valence-corrected chi connectivity index (χ0v) is 12.7. The molecule has 5 heteroatoms. The zero-order chi connectivity index (χ0) is 13.4. The van der Waals surface area contributed by atoms with Crippen molar-refractivity contribution in [1.29, 1.82) is 0 Å². The predicted molar refractivity (Wildman–Crippen MR) is 82.5 cm³/mol. The van der Waals surface area contributed by atoms with Crippen LogP contribution in [0.3, 0.4) is 0 Å². The number of hydrogen-bond donors (Lipinski definition) is 1. The summed E-state index contributed by atoms with van der Waals surface area (Å²) in [5, 5.41) is 1.98. The van der Waals surface area contributed by atoms with Crippen LogP contribution < -0.4 is 4.74 Å². The van der Waals surface area contributed by atoms with Gasteiger partial charge in [-0.25, -0.2) is 0 Å². The summed E-state index contributed by atoms with van der Waals surface area (Å²) >= 11 is 15.3. The summed E-state index contributed by atoms with van der Waals surface area (Å²) in [6.45, 7) is 0. The highest BCUT2D eigenvalue weighted by atomic mass is 79.9. The summed E-state index contributed by atoms with van der Waals surface area (Å²) in [4.78, 5) is 3.16. The van der Waals surface area contributed by atoms with E-state index in [0.29, 0.717) is 15.8 Å². The maximum absolute atomic E-state index is 5.97. The SMILES string of the molecule is Clc1ccc(Oc2c[nH]c3ccc(Br)cc23)cc1Cl. The summed E-state index contributed by atoms with van der Waals surface area (Å²) in [7, 11) is 0. The summed E-state index contributed by atoms with van der Waals surface area (Å²) in [5.41, 5.74) is 1.01. The summed E-state index contributed by atoms with van der Waals surface area (Å²) in [6, 6.07) is 11.2. The molecule has 1 heterocycles. The van der Waals surface area contributed by atoms with Gasteiger partial charge in [-0.2, -0.15) is 0 Å². The van der Waals surface area contributed by atoms with E-state index in [-0.39, 0.29) is 0 Å². The summed E-state index contributed by atoms with van der Waals surface area (Å²) in [5.74, 6) is 1.39. The van der Waals surface area contributed by atoms with Gasteiger partial charge >= 0.3 is 0 Å². The fourth-order valence-electron chi connectivity index (χ4n) is 1.82. The molecule has 0 bridgehead atoms.